The SMILES string of the molecule is CCc1ccc(NC(=O)CCC(CCN)C(C)C)cc1. The highest BCUT2D eigenvalue weighted by Gasteiger charge is 2.14. The van der Waals surface area contributed by atoms with Gasteiger partial charge in [0.1, 0.15) is 0 Å². The van der Waals surface area contributed by atoms with Crippen molar-refractivity contribution >= 4 is 11.6 Å². The number of hydrogen-bond donors (Lipinski definition) is 2. The molecule has 0 bridgehead atoms. The number of rotatable bonds is 8. The minimum absolute atomic E-state index is 0.0944. The molecule has 0 aliphatic heterocycles. The van der Waals surface area contributed by atoms with Crippen LogP contribution < -0.4 is 11.1 Å². The van der Waals surface area contributed by atoms with E-state index in [9.17, 15) is 4.79 Å². The molecule has 1 aromatic rings. The van der Waals surface area contributed by atoms with Crippen molar-refractivity contribution in [3.05, 3.63) is 29.8 Å². The summed E-state index contributed by atoms with van der Waals surface area (Å²) in [6, 6.07) is 8.05. The van der Waals surface area contributed by atoms with Gasteiger partial charge < -0.3 is 11.1 Å². The summed E-state index contributed by atoms with van der Waals surface area (Å²) in [5.41, 5.74) is 7.79. The van der Waals surface area contributed by atoms with E-state index in [1.807, 2.05) is 12.1 Å². The van der Waals surface area contributed by atoms with Gasteiger partial charge in [-0.3, -0.25) is 4.79 Å². The quantitative estimate of drug-likeness (QED) is 0.762. The van der Waals surface area contributed by atoms with Crippen LogP contribution in [0.4, 0.5) is 5.69 Å². The molecule has 0 aliphatic carbocycles. The first-order chi connectivity index (χ1) is 9.56. The Morgan fingerprint density at radius 1 is 1.20 bits per heavy atom. The zero-order valence-electron chi connectivity index (χ0n) is 13.0. The van der Waals surface area contributed by atoms with E-state index in [0.29, 0.717) is 24.8 Å². The van der Waals surface area contributed by atoms with Crippen molar-refractivity contribution in [1.29, 1.82) is 0 Å². The third-order valence-electron chi connectivity index (χ3n) is 3.87. The van der Waals surface area contributed by atoms with Crippen LogP contribution in [0.15, 0.2) is 24.3 Å². The molecule has 1 unspecified atom stereocenters. The highest BCUT2D eigenvalue weighted by molar-refractivity contribution is 5.90. The Bertz CT molecular complexity index is 398. The van der Waals surface area contributed by atoms with Crippen molar-refractivity contribution in [2.24, 2.45) is 17.6 Å². The van der Waals surface area contributed by atoms with Crippen molar-refractivity contribution in [1.82, 2.24) is 0 Å². The van der Waals surface area contributed by atoms with Gasteiger partial charge in [-0.25, -0.2) is 0 Å². The van der Waals surface area contributed by atoms with Gasteiger partial charge in [0.2, 0.25) is 5.91 Å². The lowest BCUT2D eigenvalue weighted by atomic mass is 9.88. The first-order valence-electron chi connectivity index (χ1n) is 7.65. The van der Waals surface area contributed by atoms with Crippen molar-refractivity contribution in [3.63, 3.8) is 0 Å². The Morgan fingerprint density at radius 3 is 2.35 bits per heavy atom. The molecule has 0 saturated heterocycles. The summed E-state index contributed by atoms with van der Waals surface area (Å²) in [5, 5.41) is 2.96. The van der Waals surface area contributed by atoms with E-state index < -0.39 is 0 Å². The molecule has 0 aliphatic rings. The Labute approximate surface area is 122 Å². The van der Waals surface area contributed by atoms with E-state index in [1.165, 1.54) is 5.56 Å². The second kappa shape index (κ2) is 8.75. The zero-order chi connectivity index (χ0) is 15.0. The number of aryl methyl sites for hydroxylation is 1. The summed E-state index contributed by atoms with van der Waals surface area (Å²) in [7, 11) is 0. The minimum Gasteiger partial charge on any atom is -0.330 e. The smallest absolute Gasteiger partial charge is 0.224 e. The number of nitrogens with one attached hydrogen (secondary N) is 1. The van der Waals surface area contributed by atoms with Gasteiger partial charge in [-0.1, -0.05) is 32.9 Å². The molecule has 1 amide bonds. The Hall–Kier alpha value is -1.35. The van der Waals surface area contributed by atoms with Crippen LogP contribution in [0.3, 0.4) is 0 Å². The van der Waals surface area contributed by atoms with Crippen molar-refractivity contribution < 1.29 is 4.79 Å². The topological polar surface area (TPSA) is 55.1 Å². The molecular formula is C17H28N2O. The number of amides is 1. The summed E-state index contributed by atoms with van der Waals surface area (Å²) in [6.45, 7) is 7.21. The molecule has 3 heteroatoms. The van der Waals surface area contributed by atoms with E-state index in [0.717, 1.165) is 24.9 Å². The van der Waals surface area contributed by atoms with Crippen LogP contribution in [0.2, 0.25) is 0 Å². The third-order valence-corrected chi connectivity index (χ3v) is 3.87. The van der Waals surface area contributed by atoms with Crippen LogP contribution in [-0.2, 0) is 11.2 Å². The molecule has 3 N–H and O–H groups in total. The van der Waals surface area contributed by atoms with Crippen molar-refractivity contribution in [2.45, 2.75) is 46.5 Å². The number of carbonyl (C=O) groups is 1. The Kier molecular flexibility index (Phi) is 7.31. The second-order valence-corrected chi connectivity index (χ2v) is 5.72. The molecule has 1 aromatic carbocycles. The number of hydrogen-bond acceptors (Lipinski definition) is 2. The van der Waals surface area contributed by atoms with E-state index >= 15 is 0 Å². The maximum Gasteiger partial charge on any atom is 0.224 e. The van der Waals surface area contributed by atoms with E-state index in [1.54, 1.807) is 0 Å². The lowest BCUT2D eigenvalue weighted by Gasteiger charge is -2.19. The molecule has 20 heavy (non-hydrogen) atoms. The maximum absolute atomic E-state index is 12.0. The minimum atomic E-state index is 0.0944. The van der Waals surface area contributed by atoms with Crippen molar-refractivity contribution in [2.75, 3.05) is 11.9 Å². The van der Waals surface area contributed by atoms with Crippen LogP contribution >= 0.6 is 0 Å². The number of nitrogens with two attached hydrogens (primary N) is 1. The zero-order valence-corrected chi connectivity index (χ0v) is 13.0. The fourth-order valence-corrected chi connectivity index (χ4v) is 2.39. The van der Waals surface area contributed by atoms with E-state index in [-0.39, 0.29) is 5.91 Å². The molecule has 0 fully saturated rings. The highest BCUT2D eigenvalue weighted by atomic mass is 16.1. The molecular weight excluding hydrogens is 248 g/mol. The van der Waals surface area contributed by atoms with Crippen LogP contribution in [0, 0.1) is 11.8 Å². The second-order valence-electron chi connectivity index (χ2n) is 5.72. The number of benzene rings is 1. The van der Waals surface area contributed by atoms with E-state index in [4.69, 9.17) is 5.73 Å². The van der Waals surface area contributed by atoms with Gasteiger partial charge in [0.25, 0.3) is 0 Å². The largest absolute Gasteiger partial charge is 0.330 e. The normalized spacial score (nSPS) is 12.4. The Balaban J connectivity index is 2.42. The first-order valence-corrected chi connectivity index (χ1v) is 7.65. The lowest BCUT2D eigenvalue weighted by molar-refractivity contribution is -0.116. The number of carbonyl (C=O) groups excluding carboxylic acids is 1. The maximum atomic E-state index is 12.0. The third kappa shape index (κ3) is 5.74. The standard InChI is InChI=1S/C17H28N2O/c1-4-14-5-8-16(9-6-14)19-17(20)10-7-15(11-12-18)13(2)3/h5-6,8-9,13,15H,4,7,10-12,18H2,1-3H3,(H,19,20). The molecule has 0 radical (unpaired) electrons. The highest BCUT2D eigenvalue weighted by Crippen LogP contribution is 2.21. The predicted molar refractivity (Wildman–Crippen MR) is 85.7 cm³/mol. The van der Waals surface area contributed by atoms with E-state index in [2.05, 4.69) is 38.2 Å². The van der Waals surface area contributed by atoms with Crippen LogP contribution in [0.1, 0.15) is 45.6 Å². The average Bonchev–Trinajstić information content (AvgIpc) is 2.44. The number of anilines is 1. The molecule has 0 heterocycles. The van der Waals surface area contributed by atoms with Gasteiger partial charge in [0.15, 0.2) is 0 Å². The summed E-state index contributed by atoms with van der Waals surface area (Å²) < 4.78 is 0. The fourth-order valence-electron chi connectivity index (χ4n) is 2.39. The Morgan fingerprint density at radius 2 is 1.85 bits per heavy atom. The van der Waals surface area contributed by atoms with Gasteiger partial charge in [0, 0.05) is 12.1 Å². The molecule has 1 rings (SSSR count). The fraction of sp³-hybridized carbons (Fsp3) is 0.588. The lowest BCUT2D eigenvalue weighted by Crippen LogP contribution is -2.18. The summed E-state index contributed by atoms with van der Waals surface area (Å²) in [5.74, 6) is 1.21. The average molecular weight is 276 g/mol. The van der Waals surface area contributed by atoms with Crippen molar-refractivity contribution in [3.8, 4) is 0 Å². The van der Waals surface area contributed by atoms with Gasteiger partial charge in [-0.15, -0.1) is 0 Å². The summed E-state index contributed by atoms with van der Waals surface area (Å²) in [6.07, 6.45) is 3.49. The molecule has 3 nitrogen and oxygen atoms in total. The monoisotopic (exact) mass is 276 g/mol. The molecule has 0 aromatic heterocycles. The molecule has 1 atom stereocenters. The molecule has 112 valence electrons. The first kappa shape index (κ1) is 16.7. The van der Waals surface area contributed by atoms with Gasteiger partial charge in [-0.05, 0) is 55.3 Å². The summed E-state index contributed by atoms with van der Waals surface area (Å²) in [4.78, 5) is 12.0. The van der Waals surface area contributed by atoms with Crippen LogP contribution in [-0.4, -0.2) is 12.5 Å². The summed E-state index contributed by atoms with van der Waals surface area (Å²) >= 11 is 0. The molecule has 0 spiro atoms. The van der Waals surface area contributed by atoms with Gasteiger partial charge in [-0.2, -0.15) is 0 Å². The van der Waals surface area contributed by atoms with Crippen LogP contribution in [0.25, 0.3) is 0 Å². The van der Waals surface area contributed by atoms with Gasteiger partial charge in [0.05, 0.1) is 0 Å². The van der Waals surface area contributed by atoms with Crippen LogP contribution in [0.5, 0.6) is 0 Å². The molecule has 0 saturated carbocycles. The predicted octanol–water partition coefficient (Wildman–Crippen LogP) is 3.59. The van der Waals surface area contributed by atoms with Gasteiger partial charge >= 0.3 is 0 Å².